The number of nitrogens with zero attached hydrogens (tertiary/aromatic N) is 1. The van der Waals surface area contributed by atoms with Gasteiger partial charge in [0.25, 0.3) is 0 Å². The monoisotopic (exact) mass is 376 g/mol. The molecule has 150 valence electrons. The summed E-state index contributed by atoms with van der Waals surface area (Å²) in [5.41, 5.74) is 2.86. The Kier molecular flexibility index (Phi) is 8.80. The average Bonchev–Trinajstić information content (AvgIpc) is 2.77. The number of hydrogen-bond donors (Lipinski definition) is 1. The summed E-state index contributed by atoms with van der Waals surface area (Å²) in [6, 6.07) is 22.8. The fourth-order valence-electron chi connectivity index (χ4n) is 4.54. The Morgan fingerprint density at radius 3 is 2.07 bits per heavy atom. The normalized spacial score (nSPS) is 15.2. The number of rotatable bonds is 11. The molecule has 2 heteroatoms. The van der Waals surface area contributed by atoms with E-state index in [4.69, 9.17) is 0 Å². The van der Waals surface area contributed by atoms with Crippen LogP contribution in [0.3, 0.4) is 0 Å². The van der Waals surface area contributed by atoms with Gasteiger partial charge in [-0.05, 0) is 36.9 Å². The van der Waals surface area contributed by atoms with Crippen molar-refractivity contribution in [1.82, 2.24) is 10.2 Å². The molecule has 2 aromatic rings. The lowest BCUT2D eigenvalue weighted by atomic mass is 9.87. The van der Waals surface area contributed by atoms with Crippen molar-refractivity contribution in [3.8, 4) is 0 Å². The van der Waals surface area contributed by atoms with Crippen LogP contribution in [0, 0.1) is 0 Å². The maximum absolute atomic E-state index is 3.82. The van der Waals surface area contributed by atoms with Crippen LogP contribution in [0.2, 0.25) is 0 Å². The molecule has 0 atom stereocenters. The molecule has 0 saturated heterocycles. The lowest BCUT2D eigenvalue weighted by molar-refractivity contribution is 0.153. The van der Waals surface area contributed by atoms with Crippen LogP contribution in [0.15, 0.2) is 73.3 Å². The summed E-state index contributed by atoms with van der Waals surface area (Å²) in [6.45, 7) is 8.06. The summed E-state index contributed by atoms with van der Waals surface area (Å²) in [6.07, 6.45) is 10.0. The van der Waals surface area contributed by atoms with Crippen LogP contribution in [0.1, 0.15) is 55.6 Å². The van der Waals surface area contributed by atoms with Gasteiger partial charge in [0.15, 0.2) is 0 Å². The summed E-state index contributed by atoms with van der Waals surface area (Å²) in [4.78, 5) is 2.76. The van der Waals surface area contributed by atoms with Crippen molar-refractivity contribution in [2.24, 2.45) is 0 Å². The van der Waals surface area contributed by atoms with Gasteiger partial charge < -0.3 is 5.32 Å². The van der Waals surface area contributed by atoms with E-state index in [0.29, 0.717) is 5.92 Å². The van der Waals surface area contributed by atoms with Gasteiger partial charge in [0, 0.05) is 31.6 Å². The Labute approximate surface area is 171 Å². The van der Waals surface area contributed by atoms with Gasteiger partial charge in [-0.15, -0.1) is 6.58 Å². The van der Waals surface area contributed by atoms with E-state index in [1.165, 1.54) is 49.7 Å². The van der Waals surface area contributed by atoms with Crippen LogP contribution in [0.5, 0.6) is 0 Å². The molecule has 0 bridgehead atoms. The molecule has 1 aliphatic rings. The molecule has 0 unspecified atom stereocenters. The molecule has 3 rings (SSSR count). The first kappa shape index (κ1) is 20.8. The average molecular weight is 377 g/mol. The molecule has 0 spiro atoms. The largest absolute Gasteiger partial charge is 0.312 e. The maximum Gasteiger partial charge on any atom is 0.0132 e. The second-order valence-corrected chi connectivity index (χ2v) is 7.98. The Morgan fingerprint density at radius 1 is 0.893 bits per heavy atom. The Morgan fingerprint density at radius 2 is 1.50 bits per heavy atom. The van der Waals surface area contributed by atoms with Crippen LogP contribution in [-0.2, 0) is 0 Å². The van der Waals surface area contributed by atoms with Crippen molar-refractivity contribution >= 4 is 0 Å². The van der Waals surface area contributed by atoms with Gasteiger partial charge in [0.2, 0.25) is 0 Å². The minimum atomic E-state index is 0.467. The number of hydrogen-bond acceptors (Lipinski definition) is 2. The highest BCUT2D eigenvalue weighted by molar-refractivity contribution is 5.32. The van der Waals surface area contributed by atoms with Crippen molar-refractivity contribution in [2.75, 3.05) is 26.2 Å². The van der Waals surface area contributed by atoms with Gasteiger partial charge in [-0.3, -0.25) is 4.90 Å². The minimum absolute atomic E-state index is 0.467. The van der Waals surface area contributed by atoms with Gasteiger partial charge in [-0.1, -0.05) is 86.0 Å². The first-order chi connectivity index (χ1) is 13.9. The second-order valence-electron chi connectivity index (χ2n) is 7.98. The summed E-state index contributed by atoms with van der Waals surface area (Å²) in [5.74, 6) is 0.467. The number of benzene rings is 2. The van der Waals surface area contributed by atoms with Crippen LogP contribution in [0.25, 0.3) is 0 Å². The highest BCUT2D eigenvalue weighted by Gasteiger charge is 2.22. The molecule has 0 aromatic heterocycles. The molecule has 1 saturated carbocycles. The molecule has 0 aliphatic heterocycles. The molecular formula is C26H36N2. The van der Waals surface area contributed by atoms with Crippen LogP contribution < -0.4 is 5.32 Å². The molecule has 0 amide bonds. The molecule has 0 radical (unpaired) electrons. The Balaban J connectivity index is 1.69. The van der Waals surface area contributed by atoms with Gasteiger partial charge in [-0.2, -0.15) is 0 Å². The quantitative estimate of drug-likeness (QED) is 0.404. The number of nitrogens with one attached hydrogen (secondary N) is 1. The molecule has 2 nitrogen and oxygen atoms in total. The summed E-state index contributed by atoms with van der Waals surface area (Å²) < 4.78 is 0. The van der Waals surface area contributed by atoms with E-state index < -0.39 is 0 Å². The maximum atomic E-state index is 3.82. The molecule has 1 N–H and O–H groups in total. The van der Waals surface area contributed by atoms with Gasteiger partial charge >= 0.3 is 0 Å². The lowest BCUT2D eigenvalue weighted by Gasteiger charge is -2.35. The van der Waals surface area contributed by atoms with Crippen molar-refractivity contribution in [3.63, 3.8) is 0 Å². The van der Waals surface area contributed by atoms with E-state index >= 15 is 0 Å². The predicted octanol–water partition coefficient (Wildman–Crippen LogP) is 5.62. The predicted molar refractivity (Wildman–Crippen MR) is 121 cm³/mol. The van der Waals surface area contributed by atoms with Crippen molar-refractivity contribution in [1.29, 1.82) is 0 Å². The van der Waals surface area contributed by atoms with Crippen LogP contribution in [-0.4, -0.2) is 37.1 Å². The van der Waals surface area contributed by atoms with E-state index in [1.807, 2.05) is 6.08 Å². The Bertz CT molecular complexity index is 622. The van der Waals surface area contributed by atoms with Gasteiger partial charge in [0.05, 0.1) is 0 Å². The summed E-state index contributed by atoms with van der Waals surface area (Å²) >= 11 is 0. The molecule has 1 fully saturated rings. The van der Waals surface area contributed by atoms with E-state index in [0.717, 1.165) is 32.2 Å². The third-order valence-corrected chi connectivity index (χ3v) is 6.06. The SMILES string of the molecule is C=CCNCCN(CCC(c1ccccc1)c1ccccc1)C1CCCCC1. The molecule has 0 heterocycles. The van der Waals surface area contributed by atoms with E-state index in [1.54, 1.807) is 0 Å². The zero-order valence-corrected chi connectivity index (χ0v) is 17.2. The fourth-order valence-corrected chi connectivity index (χ4v) is 4.54. The van der Waals surface area contributed by atoms with Crippen LogP contribution in [0.4, 0.5) is 0 Å². The van der Waals surface area contributed by atoms with Gasteiger partial charge in [-0.25, -0.2) is 0 Å². The zero-order valence-electron chi connectivity index (χ0n) is 17.2. The highest BCUT2D eigenvalue weighted by Crippen LogP contribution is 2.29. The van der Waals surface area contributed by atoms with Crippen molar-refractivity contribution in [2.45, 2.75) is 50.5 Å². The molecule has 2 aromatic carbocycles. The molecule has 1 aliphatic carbocycles. The zero-order chi connectivity index (χ0) is 19.4. The minimum Gasteiger partial charge on any atom is -0.312 e. The van der Waals surface area contributed by atoms with E-state index in [-0.39, 0.29) is 0 Å². The highest BCUT2D eigenvalue weighted by atomic mass is 15.2. The third kappa shape index (κ3) is 6.32. The fraction of sp³-hybridized carbons (Fsp3) is 0.462. The first-order valence-electron chi connectivity index (χ1n) is 11.0. The van der Waals surface area contributed by atoms with E-state index in [9.17, 15) is 0 Å². The second kappa shape index (κ2) is 11.8. The third-order valence-electron chi connectivity index (χ3n) is 6.06. The lowest BCUT2D eigenvalue weighted by Crippen LogP contribution is -2.42. The van der Waals surface area contributed by atoms with Crippen LogP contribution >= 0.6 is 0 Å². The van der Waals surface area contributed by atoms with Crippen molar-refractivity contribution < 1.29 is 0 Å². The van der Waals surface area contributed by atoms with E-state index in [2.05, 4.69) is 77.5 Å². The standard InChI is InChI=1S/C26H36N2/c1-2-19-27-20-22-28(25-16-10-5-11-17-25)21-18-26(23-12-6-3-7-13-23)24-14-8-4-9-15-24/h2-4,6-9,12-15,25-27H,1,5,10-11,16-22H2. The Hall–Kier alpha value is -1.90. The van der Waals surface area contributed by atoms with Gasteiger partial charge in [0.1, 0.15) is 0 Å². The first-order valence-corrected chi connectivity index (χ1v) is 11.0. The van der Waals surface area contributed by atoms with Crippen molar-refractivity contribution in [3.05, 3.63) is 84.4 Å². The molecular weight excluding hydrogens is 340 g/mol. The molecule has 28 heavy (non-hydrogen) atoms. The summed E-state index contributed by atoms with van der Waals surface area (Å²) in [7, 11) is 0. The topological polar surface area (TPSA) is 15.3 Å². The smallest absolute Gasteiger partial charge is 0.0132 e. The summed E-state index contributed by atoms with van der Waals surface area (Å²) in [5, 5.41) is 3.50.